The molecule has 0 saturated heterocycles. The lowest BCUT2D eigenvalue weighted by molar-refractivity contribution is 0.0954. The number of benzene rings is 1. The zero-order chi connectivity index (χ0) is 15.9. The molecule has 0 aliphatic heterocycles. The summed E-state index contributed by atoms with van der Waals surface area (Å²) in [5.41, 5.74) is 4.22. The van der Waals surface area contributed by atoms with E-state index >= 15 is 0 Å². The van der Waals surface area contributed by atoms with E-state index in [1.54, 1.807) is 25.3 Å². The minimum Gasteiger partial charge on any atom is -0.493 e. The molecule has 1 aromatic carbocycles. The molecule has 1 saturated carbocycles. The van der Waals surface area contributed by atoms with Crippen LogP contribution in [0.4, 0.5) is 0 Å². The summed E-state index contributed by atoms with van der Waals surface area (Å²) in [5.74, 6) is 0.951. The third kappa shape index (κ3) is 4.48. The molecular formula is C17H24N2O3. The maximum absolute atomic E-state index is 12.2. The van der Waals surface area contributed by atoms with Crippen molar-refractivity contribution >= 4 is 11.6 Å². The Balaban J connectivity index is 2.06. The number of hydrazone groups is 1. The van der Waals surface area contributed by atoms with Gasteiger partial charge in [0.05, 0.1) is 13.2 Å². The summed E-state index contributed by atoms with van der Waals surface area (Å²) < 4.78 is 10.9. The maximum Gasteiger partial charge on any atom is 0.271 e. The van der Waals surface area contributed by atoms with Crippen LogP contribution in [0.25, 0.3) is 0 Å². The van der Waals surface area contributed by atoms with E-state index < -0.39 is 0 Å². The summed E-state index contributed by atoms with van der Waals surface area (Å²) in [6, 6.07) is 5.15. The lowest BCUT2D eigenvalue weighted by Crippen LogP contribution is -2.20. The molecule has 22 heavy (non-hydrogen) atoms. The van der Waals surface area contributed by atoms with Crippen LogP contribution in [0.5, 0.6) is 11.5 Å². The number of methoxy groups -OCH3 is 1. The Morgan fingerprint density at radius 3 is 2.55 bits per heavy atom. The van der Waals surface area contributed by atoms with Crippen molar-refractivity contribution < 1.29 is 14.3 Å². The van der Waals surface area contributed by atoms with Gasteiger partial charge in [-0.15, -0.1) is 0 Å². The summed E-state index contributed by atoms with van der Waals surface area (Å²) in [4.78, 5) is 12.2. The van der Waals surface area contributed by atoms with Gasteiger partial charge in [0.25, 0.3) is 5.91 Å². The Hall–Kier alpha value is -2.04. The molecule has 1 amide bonds. The Bertz CT molecular complexity index is 545. The highest BCUT2D eigenvalue weighted by atomic mass is 16.5. The van der Waals surface area contributed by atoms with Gasteiger partial charge in [0.2, 0.25) is 0 Å². The van der Waals surface area contributed by atoms with Crippen molar-refractivity contribution in [3.8, 4) is 11.5 Å². The van der Waals surface area contributed by atoms with Crippen molar-refractivity contribution in [2.75, 3.05) is 7.11 Å². The number of nitrogens with one attached hydrogen (secondary N) is 1. The lowest BCUT2D eigenvalue weighted by Gasteiger charge is -2.14. The van der Waals surface area contributed by atoms with Crippen molar-refractivity contribution in [2.45, 2.75) is 52.1 Å². The molecule has 2 rings (SSSR count). The first-order chi connectivity index (χ1) is 10.6. The molecule has 120 valence electrons. The van der Waals surface area contributed by atoms with Gasteiger partial charge >= 0.3 is 0 Å². The third-order valence-corrected chi connectivity index (χ3v) is 3.53. The highest BCUT2D eigenvalue weighted by molar-refractivity contribution is 5.96. The van der Waals surface area contributed by atoms with Gasteiger partial charge in [0, 0.05) is 11.3 Å². The minimum atomic E-state index is -0.229. The van der Waals surface area contributed by atoms with Crippen LogP contribution in [-0.2, 0) is 0 Å². The van der Waals surface area contributed by atoms with Gasteiger partial charge in [-0.3, -0.25) is 4.79 Å². The first kappa shape index (κ1) is 16.3. The predicted molar refractivity (Wildman–Crippen MR) is 86.7 cm³/mol. The molecule has 0 radical (unpaired) electrons. The van der Waals surface area contributed by atoms with Crippen LogP contribution in [0, 0.1) is 0 Å². The SMILES string of the molecule is COc1cc(C(=O)NN=C2CCCCC2)ccc1OC(C)C. The molecule has 1 aromatic rings. The first-order valence-corrected chi connectivity index (χ1v) is 7.80. The van der Waals surface area contributed by atoms with Crippen LogP contribution < -0.4 is 14.9 Å². The van der Waals surface area contributed by atoms with E-state index in [9.17, 15) is 4.79 Å². The molecule has 1 aliphatic rings. The van der Waals surface area contributed by atoms with Crippen molar-refractivity contribution in [2.24, 2.45) is 5.10 Å². The average Bonchev–Trinajstić information content (AvgIpc) is 2.53. The molecule has 1 fully saturated rings. The number of rotatable bonds is 5. The van der Waals surface area contributed by atoms with Crippen molar-refractivity contribution in [3.63, 3.8) is 0 Å². The van der Waals surface area contributed by atoms with Gasteiger partial charge in [-0.2, -0.15) is 5.10 Å². The Labute approximate surface area is 131 Å². The lowest BCUT2D eigenvalue weighted by atomic mass is 9.99. The van der Waals surface area contributed by atoms with Crippen molar-refractivity contribution in [1.82, 2.24) is 5.43 Å². The van der Waals surface area contributed by atoms with E-state index in [1.807, 2.05) is 13.8 Å². The standard InChI is InChI=1S/C17H24N2O3/c1-12(2)22-15-10-9-13(11-16(15)21-3)17(20)19-18-14-7-5-4-6-8-14/h9-12H,4-8H2,1-3H3,(H,19,20). The second-order valence-electron chi connectivity index (χ2n) is 5.71. The van der Waals surface area contributed by atoms with Crippen molar-refractivity contribution in [3.05, 3.63) is 23.8 Å². The number of amides is 1. The van der Waals surface area contributed by atoms with Crippen LogP contribution in [-0.4, -0.2) is 24.8 Å². The van der Waals surface area contributed by atoms with Gasteiger partial charge < -0.3 is 9.47 Å². The number of carbonyl (C=O) groups excluding carboxylic acids is 1. The molecular weight excluding hydrogens is 280 g/mol. The second kappa shape index (κ2) is 7.82. The normalized spacial score (nSPS) is 14.6. The molecule has 5 heteroatoms. The molecule has 0 unspecified atom stereocenters. The van der Waals surface area contributed by atoms with Crippen LogP contribution >= 0.6 is 0 Å². The van der Waals surface area contributed by atoms with Crippen LogP contribution in [0.1, 0.15) is 56.3 Å². The number of ether oxygens (including phenoxy) is 2. The molecule has 0 aromatic heterocycles. The smallest absolute Gasteiger partial charge is 0.271 e. The predicted octanol–water partition coefficient (Wildman–Crippen LogP) is 3.53. The van der Waals surface area contributed by atoms with Crippen LogP contribution in [0.15, 0.2) is 23.3 Å². The number of carbonyl (C=O) groups is 1. The van der Waals surface area contributed by atoms with E-state index in [4.69, 9.17) is 9.47 Å². The van der Waals surface area contributed by atoms with Gasteiger partial charge in [-0.25, -0.2) is 5.43 Å². The number of hydrogen-bond acceptors (Lipinski definition) is 4. The molecule has 0 bridgehead atoms. The van der Waals surface area contributed by atoms with E-state index in [2.05, 4.69) is 10.5 Å². The quantitative estimate of drug-likeness (QED) is 0.847. The van der Waals surface area contributed by atoms with Crippen molar-refractivity contribution in [1.29, 1.82) is 0 Å². The topological polar surface area (TPSA) is 59.9 Å². The monoisotopic (exact) mass is 304 g/mol. The molecule has 1 N–H and O–H groups in total. The summed E-state index contributed by atoms with van der Waals surface area (Å²) in [5, 5.41) is 4.23. The summed E-state index contributed by atoms with van der Waals surface area (Å²) in [6.07, 6.45) is 5.57. The molecule has 5 nitrogen and oxygen atoms in total. The zero-order valence-corrected chi connectivity index (χ0v) is 13.5. The fourth-order valence-electron chi connectivity index (χ4n) is 2.43. The molecule has 0 heterocycles. The molecule has 0 spiro atoms. The van der Waals surface area contributed by atoms with E-state index in [1.165, 1.54) is 6.42 Å². The Kier molecular flexibility index (Phi) is 5.81. The zero-order valence-electron chi connectivity index (χ0n) is 13.5. The van der Waals surface area contributed by atoms with E-state index in [0.717, 1.165) is 31.4 Å². The Morgan fingerprint density at radius 2 is 1.91 bits per heavy atom. The summed E-state index contributed by atoms with van der Waals surface area (Å²) >= 11 is 0. The average molecular weight is 304 g/mol. The van der Waals surface area contributed by atoms with Gasteiger partial charge in [0.1, 0.15) is 0 Å². The second-order valence-corrected chi connectivity index (χ2v) is 5.71. The first-order valence-electron chi connectivity index (χ1n) is 7.80. The number of nitrogens with zero attached hydrogens (tertiary/aromatic N) is 1. The fourth-order valence-corrected chi connectivity index (χ4v) is 2.43. The van der Waals surface area contributed by atoms with Gasteiger partial charge in [-0.05, 0) is 57.7 Å². The van der Waals surface area contributed by atoms with E-state index in [-0.39, 0.29) is 12.0 Å². The number of hydrogen-bond donors (Lipinski definition) is 1. The minimum absolute atomic E-state index is 0.0475. The van der Waals surface area contributed by atoms with Crippen LogP contribution in [0.3, 0.4) is 0 Å². The van der Waals surface area contributed by atoms with Gasteiger partial charge in [0.15, 0.2) is 11.5 Å². The Morgan fingerprint density at radius 1 is 1.18 bits per heavy atom. The largest absolute Gasteiger partial charge is 0.493 e. The fraction of sp³-hybridized carbons (Fsp3) is 0.529. The van der Waals surface area contributed by atoms with Gasteiger partial charge in [-0.1, -0.05) is 6.42 Å². The molecule has 0 atom stereocenters. The molecule has 1 aliphatic carbocycles. The maximum atomic E-state index is 12.2. The summed E-state index contributed by atoms with van der Waals surface area (Å²) in [7, 11) is 1.56. The highest BCUT2D eigenvalue weighted by Crippen LogP contribution is 2.29. The van der Waals surface area contributed by atoms with Crippen LogP contribution in [0.2, 0.25) is 0 Å². The summed E-state index contributed by atoms with van der Waals surface area (Å²) in [6.45, 7) is 3.89. The van der Waals surface area contributed by atoms with E-state index in [0.29, 0.717) is 17.1 Å². The third-order valence-electron chi connectivity index (χ3n) is 3.53. The highest BCUT2D eigenvalue weighted by Gasteiger charge is 2.13.